The van der Waals surface area contributed by atoms with Crippen molar-refractivity contribution in [2.75, 3.05) is 18.4 Å². The molecule has 1 amide bonds. The van der Waals surface area contributed by atoms with Crippen molar-refractivity contribution in [3.05, 3.63) is 41.2 Å². The standard InChI is InChI=1S/C17H21BrN2O2/c1-17(2,3)22-16(21)20-10-13(9-18)15(11-20)12-5-7-14(19-4)8-6-12/h5-8,13,15H,9-11H2,1-3H3/t13-,15?/m1/s1. The van der Waals surface area contributed by atoms with Gasteiger partial charge < -0.3 is 9.64 Å². The molecule has 0 aliphatic carbocycles. The topological polar surface area (TPSA) is 33.9 Å². The number of carbonyl (C=O) groups excluding carboxylic acids is 1. The number of amides is 1. The third kappa shape index (κ3) is 4.01. The maximum atomic E-state index is 12.2. The van der Waals surface area contributed by atoms with Crippen LogP contribution in [0.2, 0.25) is 0 Å². The van der Waals surface area contributed by atoms with Crippen molar-refractivity contribution in [2.45, 2.75) is 32.3 Å². The van der Waals surface area contributed by atoms with Gasteiger partial charge in [-0.05, 0) is 32.3 Å². The predicted molar refractivity (Wildman–Crippen MR) is 90.5 cm³/mol. The van der Waals surface area contributed by atoms with Crippen molar-refractivity contribution in [1.29, 1.82) is 0 Å². The average molecular weight is 365 g/mol. The molecule has 0 bridgehead atoms. The summed E-state index contributed by atoms with van der Waals surface area (Å²) in [4.78, 5) is 17.4. The molecule has 118 valence electrons. The molecule has 1 saturated heterocycles. The van der Waals surface area contributed by atoms with E-state index in [1.807, 2.05) is 45.0 Å². The smallest absolute Gasteiger partial charge is 0.410 e. The average Bonchev–Trinajstić information content (AvgIpc) is 2.90. The van der Waals surface area contributed by atoms with Gasteiger partial charge >= 0.3 is 6.09 Å². The van der Waals surface area contributed by atoms with E-state index in [0.717, 1.165) is 5.33 Å². The minimum absolute atomic E-state index is 0.251. The molecule has 4 nitrogen and oxygen atoms in total. The number of hydrogen-bond acceptors (Lipinski definition) is 2. The molecule has 22 heavy (non-hydrogen) atoms. The first-order valence-electron chi connectivity index (χ1n) is 7.35. The first kappa shape index (κ1) is 16.8. The summed E-state index contributed by atoms with van der Waals surface area (Å²) in [6, 6.07) is 7.66. The molecule has 2 rings (SSSR count). The first-order valence-corrected chi connectivity index (χ1v) is 8.47. The Morgan fingerprint density at radius 2 is 2.00 bits per heavy atom. The molecule has 5 heteroatoms. The van der Waals surface area contributed by atoms with E-state index in [1.165, 1.54) is 5.56 Å². The highest BCUT2D eigenvalue weighted by Gasteiger charge is 2.37. The second kappa shape index (κ2) is 6.70. The minimum atomic E-state index is -0.476. The summed E-state index contributed by atoms with van der Waals surface area (Å²) in [6.07, 6.45) is -0.251. The van der Waals surface area contributed by atoms with Gasteiger partial charge in [0, 0.05) is 24.3 Å². The number of hydrogen-bond donors (Lipinski definition) is 0. The summed E-state index contributed by atoms with van der Waals surface area (Å²) >= 11 is 3.55. The largest absolute Gasteiger partial charge is 0.444 e. The van der Waals surface area contributed by atoms with Crippen LogP contribution < -0.4 is 0 Å². The van der Waals surface area contributed by atoms with Gasteiger partial charge in [0.15, 0.2) is 5.69 Å². The highest BCUT2D eigenvalue weighted by Crippen LogP contribution is 2.35. The Hall–Kier alpha value is -1.54. The minimum Gasteiger partial charge on any atom is -0.444 e. The van der Waals surface area contributed by atoms with Crippen LogP contribution in [0.1, 0.15) is 32.3 Å². The van der Waals surface area contributed by atoms with Gasteiger partial charge in [0.1, 0.15) is 5.60 Å². The fraction of sp³-hybridized carbons (Fsp3) is 0.529. The Labute approximate surface area is 140 Å². The number of ether oxygens (including phenoxy) is 1. The molecule has 1 aliphatic heterocycles. The summed E-state index contributed by atoms with van der Waals surface area (Å²) in [6.45, 7) is 14.0. The van der Waals surface area contributed by atoms with Gasteiger partial charge in [-0.3, -0.25) is 0 Å². The van der Waals surface area contributed by atoms with E-state index in [0.29, 0.717) is 24.7 Å². The fourth-order valence-corrected chi connectivity index (χ4v) is 3.33. The van der Waals surface area contributed by atoms with Crippen LogP contribution in [0.5, 0.6) is 0 Å². The SMILES string of the molecule is [C-]#[N+]c1ccc(C2CN(C(=O)OC(C)(C)C)C[C@H]2CBr)cc1. The molecule has 0 radical (unpaired) electrons. The zero-order chi connectivity index (χ0) is 16.3. The van der Waals surface area contributed by atoms with E-state index in [1.54, 1.807) is 4.90 Å². The van der Waals surface area contributed by atoms with Gasteiger partial charge in [-0.15, -0.1) is 0 Å². The molecule has 1 aromatic carbocycles. The number of nitrogens with zero attached hydrogens (tertiary/aromatic N) is 2. The third-order valence-electron chi connectivity index (χ3n) is 3.74. The van der Waals surface area contributed by atoms with E-state index in [4.69, 9.17) is 11.3 Å². The molecule has 2 atom stereocenters. The number of rotatable bonds is 2. The van der Waals surface area contributed by atoms with Gasteiger partial charge in [-0.1, -0.05) is 40.2 Å². The number of benzene rings is 1. The first-order chi connectivity index (χ1) is 10.3. The van der Waals surface area contributed by atoms with E-state index in [2.05, 4.69) is 20.8 Å². The van der Waals surface area contributed by atoms with Gasteiger partial charge in [0.25, 0.3) is 0 Å². The monoisotopic (exact) mass is 364 g/mol. The van der Waals surface area contributed by atoms with Crippen LogP contribution >= 0.6 is 15.9 Å². The fourth-order valence-electron chi connectivity index (χ4n) is 2.68. The number of halogens is 1. The summed E-state index contributed by atoms with van der Waals surface area (Å²) in [5.74, 6) is 0.623. The van der Waals surface area contributed by atoms with Crippen LogP contribution in [0.4, 0.5) is 10.5 Å². The molecule has 1 heterocycles. The summed E-state index contributed by atoms with van der Waals surface area (Å²) in [5.41, 5.74) is 1.33. The van der Waals surface area contributed by atoms with E-state index < -0.39 is 5.60 Å². The normalized spacial score (nSPS) is 21.5. The van der Waals surface area contributed by atoms with Crippen LogP contribution in [-0.2, 0) is 4.74 Å². The third-order valence-corrected chi connectivity index (χ3v) is 4.57. The second-order valence-electron chi connectivity index (χ2n) is 6.61. The van der Waals surface area contributed by atoms with Gasteiger partial charge in [0.2, 0.25) is 0 Å². The van der Waals surface area contributed by atoms with Crippen molar-refractivity contribution in [3.8, 4) is 0 Å². The zero-order valence-electron chi connectivity index (χ0n) is 13.2. The molecular formula is C17H21BrN2O2. The van der Waals surface area contributed by atoms with Gasteiger partial charge in [-0.2, -0.15) is 0 Å². The van der Waals surface area contributed by atoms with Gasteiger partial charge in [-0.25, -0.2) is 9.64 Å². The van der Waals surface area contributed by atoms with Crippen molar-refractivity contribution >= 4 is 27.7 Å². The Morgan fingerprint density at radius 1 is 1.36 bits per heavy atom. The Balaban J connectivity index is 2.12. The maximum absolute atomic E-state index is 12.2. The molecule has 0 aromatic heterocycles. The van der Waals surface area contributed by atoms with Crippen LogP contribution in [-0.4, -0.2) is 35.0 Å². The van der Waals surface area contributed by atoms with Crippen molar-refractivity contribution in [3.63, 3.8) is 0 Å². The highest BCUT2D eigenvalue weighted by molar-refractivity contribution is 9.09. The van der Waals surface area contributed by atoms with Crippen molar-refractivity contribution in [1.82, 2.24) is 4.90 Å². The lowest BCUT2D eigenvalue weighted by Gasteiger charge is -2.24. The highest BCUT2D eigenvalue weighted by atomic mass is 79.9. The van der Waals surface area contributed by atoms with Crippen LogP contribution in [0, 0.1) is 12.5 Å². The zero-order valence-corrected chi connectivity index (χ0v) is 14.8. The molecule has 1 fully saturated rings. The number of likely N-dealkylation sites (tertiary alicyclic amines) is 1. The summed E-state index contributed by atoms with van der Waals surface area (Å²) < 4.78 is 5.47. The Morgan fingerprint density at radius 3 is 2.50 bits per heavy atom. The summed E-state index contributed by atoms with van der Waals surface area (Å²) in [7, 11) is 0. The van der Waals surface area contributed by atoms with E-state index in [-0.39, 0.29) is 12.0 Å². The summed E-state index contributed by atoms with van der Waals surface area (Å²) in [5, 5.41) is 0.835. The lowest BCUT2D eigenvalue weighted by atomic mass is 9.90. The predicted octanol–water partition coefficient (Wildman–Crippen LogP) is 4.58. The molecule has 1 unspecified atom stereocenters. The van der Waals surface area contributed by atoms with E-state index in [9.17, 15) is 4.79 Å². The number of alkyl halides is 1. The maximum Gasteiger partial charge on any atom is 0.410 e. The molecule has 0 N–H and O–H groups in total. The Bertz CT molecular complexity index is 572. The Kier molecular flexibility index (Phi) is 5.12. The van der Waals surface area contributed by atoms with E-state index >= 15 is 0 Å². The molecule has 0 spiro atoms. The van der Waals surface area contributed by atoms with Crippen molar-refractivity contribution < 1.29 is 9.53 Å². The molecular weight excluding hydrogens is 344 g/mol. The van der Waals surface area contributed by atoms with Crippen LogP contribution in [0.25, 0.3) is 4.85 Å². The number of carbonyl (C=O) groups is 1. The molecule has 1 aromatic rings. The van der Waals surface area contributed by atoms with Crippen LogP contribution in [0.15, 0.2) is 24.3 Å². The van der Waals surface area contributed by atoms with Crippen LogP contribution in [0.3, 0.4) is 0 Å². The van der Waals surface area contributed by atoms with Crippen molar-refractivity contribution in [2.24, 2.45) is 5.92 Å². The lowest BCUT2D eigenvalue weighted by Crippen LogP contribution is -2.35. The molecule has 0 saturated carbocycles. The van der Waals surface area contributed by atoms with Gasteiger partial charge in [0.05, 0.1) is 6.57 Å². The lowest BCUT2D eigenvalue weighted by molar-refractivity contribution is 0.0288. The quantitative estimate of drug-likeness (QED) is 0.568. The molecule has 1 aliphatic rings. The second-order valence-corrected chi connectivity index (χ2v) is 7.26.